The summed E-state index contributed by atoms with van der Waals surface area (Å²) in [5, 5.41) is 8.54. The second-order valence-electron chi connectivity index (χ2n) is 3.81. The van der Waals surface area contributed by atoms with E-state index in [0.29, 0.717) is 0 Å². The smallest absolute Gasteiger partial charge is 0.328 e. The Labute approximate surface area is 143 Å². The number of nitrogens with one attached hydrogen (secondary N) is 1. The minimum Gasteiger partial charge on any atom is -0.478 e. The number of hydrogen-bond donors (Lipinski definition) is 2. The number of aliphatic carboxylic acids is 1. The highest BCUT2D eigenvalue weighted by atomic mass is 32.2. The topological polar surface area (TPSA) is 49.3 Å². The summed E-state index contributed by atoms with van der Waals surface area (Å²) in [5.41, 5.74) is 1.83. The third-order valence-electron chi connectivity index (χ3n) is 2.36. The second-order valence-corrected chi connectivity index (χ2v) is 4.69. The highest BCUT2D eigenvalue weighted by Crippen LogP contribution is 2.21. The van der Waals surface area contributed by atoms with Gasteiger partial charge < -0.3 is 9.83 Å². The van der Waals surface area contributed by atoms with Crippen LogP contribution in [0.4, 0.5) is 5.69 Å². The molecule has 0 aliphatic heterocycles. The van der Waals surface area contributed by atoms with Crippen molar-refractivity contribution in [2.75, 3.05) is 4.72 Å². The minimum absolute atomic E-state index is 0.859. The molecule has 0 aromatic heterocycles. The Kier molecular flexibility index (Phi) is 12.2. The van der Waals surface area contributed by atoms with E-state index in [1.54, 1.807) is 6.08 Å². The van der Waals surface area contributed by atoms with Crippen LogP contribution in [0.25, 0.3) is 6.08 Å². The van der Waals surface area contributed by atoms with Gasteiger partial charge in [0.05, 0.1) is 0 Å². The third kappa shape index (κ3) is 9.42. The van der Waals surface area contributed by atoms with E-state index in [4.69, 9.17) is 5.11 Å². The molecule has 0 radical (unpaired) electrons. The van der Waals surface area contributed by atoms with Gasteiger partial charge in [-0.1, -0.05) is 58.0 Å². The summed E-state index contributed by atoms with van der Waals surface area (Å²) < 4.78 is 3.23. The van der Waals surface area contributed by atoms with Gasteiger partial charge in [-0.05, 0) is 47.9 Å². The predicted octanol–water partition coefficient (Wildman–Crippen LogP) is 5.96. The molecule has 0 heterocycles. The van der Waals surface area contributed by atoms with Crippen LogP contribution in [0.5, 0.6) is 0 Å². The standard InChI is InChI=1S/C15H13NO2S.2C2H6/c17-15(18)11-8-12-6-9-13(10-7-12)16-19-14-4-2-1-3-5-14;2*1-2/h1-11,16H,(H,17,18);2*1-2H3/b11-8+;;. The molecular formula is C19H25NO2S. The van der Waals surface area contributed by atoms with Crippen molar-refractivity contribution in [1.82, 2.24) is 0 Å². The quantitative estimate of drug-likeness (QED) is 0.524. The van der Waals surface area contributed by atoms with Gasteiger partial charge in [-0.3, -0.25) is 0 Å². The third-order valence-corrected chi connectivity index (χ3v) is 3.20. The SMILES string of the molecule is CC.CC.O=C(O)/C=C/c1ccc(NSc2ccccc2)cc1. The van der Waals surface area contributed by atoms with E-state index in [9.17, 15) is 4.79 Å². The lowest BCUT2D eigenvalue weighted by molar-refractivity contribution is -0.131. The van der Waals surface area contributed by atoms with Crippen LogP contribution in [-0.4, -0.2) is 11.1 Å². The van der Waals surface area contributed by atoms with Crippen molar-refractivity contribution in [3.05, 3.63) is 66.2 Å². The fourth-order valence-electron chi connectivity index (χ4n) is 1.44. The zero-order chi connectivity index (χ0) is 17.5. The maximum absolute atomic E-state index is 10.4. The molecule has 2 rings (SSSR count). The van der Waals surface area contributed by atoms with Gasteiger partial charge in [-0.2, -0.15) is 0 Å². The molecular weight excluding hydrogens is 306 g/mol. The van der Waals surface area contributed by atoms with Crippen LogP contribution in [0.3, 0.4) is 0 Å². The zero-order valence-corrected chi connectivity index (χ0v) is 14.9. The molecule has 2 N–H and O–H groups in total. The Morgan fingerprint density at radius 1 is 0.957 bits per heavy atom. The molecule has 2 aromatic carbocycles. The van der Waals surface area contributed by atoms with Crippen LogP contribution in [0, 0.1) is 0 Å². The molecule has 0 aliphatic rings. The fourth-order valence-corrected chi connectivity index (χ4v) is 2.10. The summed E-state index contributed by atoms with van der Waals surface area (Å²) in [7, 11) is 0. The van der Waals surface area contributed by atoms with Crippen LogP contribution in [0.15, 0.2) is 65.6 Å². The summed E-state index contributed by atoms with van der Waals surface area (Å²) in [6.07, 6.45) is 2.69. The Morgan fingerprint density at radius 2 is 1.52 bits per heavy atom. The number of rotatable bonds is 5. The molecule has 0 saturated carbocycles. The summed E-state index contributed by atoms with van der Waals surface area (Å²) in [6, 6.07) is 17.6. The van der Waals surface area contributed by atoms with E-state index >= 15 is 0 Å². The van der Waals surface area contributed by atoms with Crippen molar-refractivity contribution in [1.29, 1.82) is 0 Å². The number of carbonyl (C=O) groups is 1. The predicted molar refractivity (Wildman–Crippen MR) is 102 cm³/mol. The lowest BCUT2D eigenvalue weighted by Crippen LogP contribution is -1.87. The van der Waals surface area contributed by atoms with Crippen molar-refractivity contribution in [2.24, 2.45) is 0 Å². The molecule has 0 aliphatic carbocycles. The first-order chi connectivity index (χ1) is 11.2. The van der Waals surface area contributed by atoms with Gasteiger partial charge in [0.2, 0.25) is 0 Å². The molecule has 0 spiro atoms. The lowest BCUT2D eigenvalue weighted by atomic mass is 10.2. The van der Waals surface area contributed by atoms with Gasteiger partial charge in [0.1, 0.15) is 0 Å². The Balaban J connectivity index is 0.00000112. The van der Waals surface area contributed by atoms with Gasteiger partial charge in [0.25, 0.3) is 0 Å². The molecule has 2 aromatic rings. The minimum atomic E-state index is -0.943. The number of anilines is 1. The number of benzene rings is 2. The number of carboxylic acid groups (broad SMARTS) is 1. The number of hydrogen-bond acceptors (Lipinski definition) is 3. The molecule has 0 unspecified atom stereocenters. The van der Waals surface area contributed by atoms with E-state index in [1.165, 1.54) is 11.9 Å². The van der Waals surface area contributed by atoms with Gasteiger partial charge >= 0.3 is 5.97 Å². The van der Waals surface area contributed by atoms with Gasteiger partial charge in [-0.25, -0.2) is 4.79 Å². The Bertz CT molecular complexity index is 566. The summed E-state index contributed by atoms with van der Waals surface area (Å²) in [6.45, 7) is 8.00. The molecule has 0 saturated heterocycles. The Morgan fingerprint density at radius 3 is 2.04 bits per heavy atom. The van der Waals surface area contributed by atoms with E-state index in [-0.39, 0.29) is 0 Å². The first-order valence-corrected chi connectivity index (χ1v) is 8.55. The van der Waals surface area contributed by atoms with E-state index in [0.717, 1.165) is 22.2 Å². The first-order valence-electron chi connectivity index (χ1n) is 7.73. The molecule has 0 bridgehead atoms. The zero-order valence-electron chi connectivity index (χ0n) is 14.1. The van der Waals surface area contributed by atoms with Gasteiger partial charge in [0, 0.05) is 16.7 Å². The van der Waals surface area contributed by atoms with E-state index in [1.807, 2.05) is 82.3 Å². The van der Waals surface area contributed by atoms with Crippen molar-refractivity contribution < 1.29 is 9.90 Å². The highest BCUT2D eigenvalue weighted by Gasteiger charge is 1.95. The van der Waals surface area contributed by atoms with Gasteiger partial charge in [-0.15, -0.1) is 0 Å². The summed E-state index contributed by atoms with van der Waals surface area (Å²) >= 11 is 1.54. The van der Waals surface area contributed by atoms with Gasteiger partial charge in [0.15, 0.2) is 0 Å². The highest BCUT2D eigenvalue weighted by molar-refractivity contribution is 8.00. The van der Waals surface area contributed by atoms with Crippen molar-refractivity contribution in [2.45, 2.75) is 32.6 Å². The second kappa shape index (κ2) is 13.5. The van der Waals surface area contributed by atoms with Crippen LogP contribution >= 0.6 is 11.9 Å². The molecule has 124 valence electrons. The fraction of sp³-hybridized carbons (Fsp3) is 0.211. The van der Waals surface area contributed by atoms with Crippen LogP contribution in [0.1, 0.15) is 33.3 Å². The van der Waals surface area contributed by atoms with Crippen molar-refractivity contribution in [3.63, 3.8) is 0 Å². The normalized spacial score (nSPS) is 9.22. The van der Waals surface area contributed by atoms with Crippen LogP contribution in [-0.2, 0) is 4.79 Å². The number of carboxylic acids is 1. The van der Waals surface area contributed by atoms with E-state index in [2.05, 4.69) is 4.72 Å². The molecule has 0 atom stereocenters. The molecule has 0 fully saturated rings. The average Bonchev–Trinajstić information content (AvgIpc) is 2.63. The van der Waals surface area contributed by atoms with Crippen LogP contribution < -0.4 is 4.72 Å². The Hall–Kier alpha value is -2.20. The molecule has 0 amide bonds. The first kappa shape index (κ1) is 20.8. The monoisotopic (exact) mass is 331 g/mol. The average molecular weight is 331 g/mol. The summed E-state index contributed by atoms with van der Waals surface area (Å²) in [5.74, 6) is -0.943. The van der Waals surface area contributed by atoms with Crippen LogP contribution in [0.2, 0.25) is 0 Å². The molecule has 3 nitrogen and oxygen atoms in total. The summed E-state index contributed by atoms with van der Waals surface area (Å²) in [4.78, 5) is 11.5. The maximum atomic E-state index is 10.4. The molecule has 23 heavy (non-hydrogen) atoms. The van der Waals surface area contributed by atoms with Crippen molar-refractivity contribution >= 4 is 29.7 Å². The largest absolute Gasteiger partial charge is 0.478 e. The molecule has 4 heteroatoms. The van der Waals surface area contributed by atoms with Crippen molar-refractivity contribution in [3.8, 4) is 0 Å². The van der Waals surface area contributed by atoms with E-state index < -0.39 is 5.97 Å². The lowest BCUT2D eigenvalue weighted by Gasteiger charge is -2.05. The maximum Gasteiger partial charge on any atom is 0.328 e.